The van der Waals surface area contributed by atoms with Crippen LogP contribution in [0.4, 0.5) is 17.3 Å². The van der Waals surface area contributed by atoms with E-state index in [1.54, 1.807) is 0 Å². The molecule has 0 bridgehead atoms. The Hall–Kier alpha value is -2.97. The molecule has 9 nitrogen and oxygen atoms in total. The van der Waals surface area contributed by atoms with Crippen LogP contribution in [0.15, 0.2) is 29.2 Å². The predicted molar refractivity (Wildman–Crippen MR) is 65.6 cm³/mol. The summed E-state index contributed by atoms with van der Waals surface area (Å²) in [5.41, 5.74) is -0.260. The molecule has 98 valence electrons. The summed E-state index contributed by atoms with van der Waals surface area (Å²) in [5, 5.41) is 20.5. The molecule has 1 heterocycles. The van der Waals surface area contributed by atoms with E-state index in [9.17, 15) is 14.9 Å². The SMILES string of the molecule is COc1ccc([N+](=O)[O-])cc1Nc1nncc(=O)[nH]1. The molecule has 0 radical (unpaired) electrons. The van der Waals surface area contributed by atoms with E-state index in [-0.39, 0.29) is 11.6 Å². The van der Waals surface area contributed by atoms with Crippen LogP contribution in [-0.4, -0.2) is 27.2 Å². The number of benzene rings is 1. The summed E-state index contributed by atoms with van der Waals surface area (Å²) in [5.74, 6) is 0.434. The highest BCUT2D eigenvalue weighted by Crippen LogP contribution is 2.30. The normalized spacial score (nSPS) is 9.95. The minimum absolute atomic E-state index is 0.0614. The zero-order valence-corrected chi connectivity index (χ0v) is 9.78. The molecule has 9 heteroatoms. The fourth-order valence-electron chi connectivity index (χ4n) is 1.40. The number of rotatable bonds is 4. The van der Waals surface area contributed by atoms with Crippen molar-refractivity contribution >= 4 is 17.3 Å². The first-order valence-corrected chi connectivity index (χ1v) is 5.11. The zero-order valence-electron chi connectivity index (χ0n) is 9.78. The van der Waals surface area contributed by atoms with Crippen LogP contribution in [0.5, 0.6) is 5.75 Å². The average Bonchev–Trinajstić information content (AvgIpc) is 2.38. The van der Waals surface area contributed by atoms with Gasteiger partial charge in [-0.25, -0.2) is 0 Å². The highest BCUT2D eigenvalue weighted by atomic mass is 16.6. The topological polar surface area (TPSA) is 123 Å². The van der Waals surface area contributed by atoms with Crippen LogP contribution in [0.25, 0.3) is 0 Å². The number of aromatic amines is 1. The highest BCUT2D eigenvalue weighted by Gasteiger charge is 2.12. The molecule has 0 saturated heterocycles. The number of anilines is 2. The molecule has 0 amide bonds. The van der Waals surface area contributed by atoms with Crippen molar-refractivity contribution in [2.75, 3.05) is 12.4 Å². The Morgan fingerprint density at radius 3 is 2.89 bits per heavy atom. The third kappa shape index (κ3) is 2.83. The van der Waals surface area contributed by atoms with Crippen molar-refractivity contribution in [3.05, 3.63) is 44.9 Å². The minimum atomic E-state index is -0.538. The zero-order chi connectivity index (χ0) is 13.8. The summed E-state index contributed by atoms with van der Waals surface area (Å²) in [6.07, 6.45) is 1.01. The molecule has 0 spiro atoms. The molecular weight excluding hydrogens is 254 g/mol. The van der Waals surface area contributed by atoms with E-state index in [1.165, 1.54) is 25.3 Å². The van der Waals surface area contributed by atoms with Gasteiger partial charge in [-0.1, -0.05) is 0 Å². The van der Waals surface area contributed by atoms with Gasteiger partial charge in [0.2, 0.25) is 5.95 Å². The van der Waals surface area contributed by atoms with Gasteiger partial charge in [0, 0.05) is 12.1 Å². The third-order valence-electron chi connectivity index (χ3n) is 2.22. The first kappa shape index (κ1) is 12.5. The lowest BCUT2D eigenvalue weighted by atomic mass is 10.2. The van der Waals surface area contributed by atoms with Gasteiger partial charge < -0.3 is 10.1 Å². The van der Waals surface area contributed by atoms with Gasteiger partial charge in [0.1, 0.15) is 11.9 Å². The Morgan fingerprint density at radius 2 is 2.26 bits per heavy atom. The average molecular weight is 263 g/mol. The molecule has 0 aliphatic heterocycles. The minimum Gasteiger partial charge on any atom is -0.495 e. The van der Waals surface area contributed by atoms with E-state index in [0.29, 0.717) is 11.4 Å². The summed E-state index contributed by atoms with van der Waals surface area (Å²) in [4.78, 5) is 23.6. The molecule has 0 aliphatic carbocycles. The summed E-state index contributed by atoms with van der Waals surface area (Å²) in [6.45, 7) is 0. The van der Waals surface area contributed by atoms with E-state index < -0.39 is 10.5 Å². The monoisotopic (exact) mass is 263 g/mol. The van der Waals surface area contributed by atoms with Gasteiger partial charge in [0.15, 0.2) is 0 Å². The van der Waals surface area contributed by atoms with Gasteiger partial charge in [0.05, 0.1) is 17.7 Å². The highest BCUT2D eigenvalue weighted by molar-refractivity contribution is 5.65. The summed E-state index contributed by atoms with van der Waals surface area (Å²) in [7, 11) is 1.42. The lowest BCUT2D eigenvalue weighted by Gasteiger charge is -2.09. The van der Waals surface area contributed by atoms with E-state index in [1.807, 2.05) is 0 Å². The molecule has 0 aliphatic rings. The molecule has 2 rings (SSSR count). The van der Waals surface area contributed by atoms with Crippen LogP contribution in [0.1, 0.15) is 0 Å². The molecule has 1 aromatic carbocycles. The molecule has 2 aromatic rings. The molecule has 2 N–H and O–H groups in total. The van der Waals surface area contributed by atoms with Crippen LogP contribution in [0.2, 0.25) is 0 Å². The number of H-pyrrole nitrogens is 1. The fourth-order valence-corrected chi connectivity index (χ4v) is 1.40. The van der Waals surface area contributed by atoms with E-state index in [0.717, 1.165) is 6.20 Å². The number of aromatic nitrogens is 3. The molecule has 0 fully saturated rings. The van der Waals surface area contributed by atoms with Gasteiger partial charge in [-0.15, -0.1) is 10.2 Å². The number of non-ortho nitro benzene ring substituents is 1. The Kier molecular flexibility index (Phi) is 3.37. The first-order valence-electron chi connectivity index (χ1n) is 5.11. The number of nitrogens with one attached hydrogen (secondary N) is 2. The van der Waals surface area contributed by atoms with Gasteiger partial charge in [-0.3, -0.25) is 19.9 Å². The number of nitrogens with zero attached hydrogens (tertiary/aromatic N) is 3. The largest absolute Gasteiger partial charge is 0.495 e. The van der Waals surface area contributed by atoms with Crippen molar-refractivity contribution in [2.24, 2.45) is 0 Å². The van der Waals surface area contributed by atoms with Gasteiger partial charge in [0.25, 0.3) is 11.2 Å². The first-order chi connectivity index (χ1) is 9.10. The number of nitro groups is 1. The summed E-state index contributed by atoms with van der Waals surface area (Å²) >= 11 is 0. The molecule has 0 saturated carbocycles. The Bertz CT molecular complexity index is 669. The molecule has 19 heavy (non-hydrogen) atoms. The van der Waals surface area contributed by atoms with E-state index in [4.69, 9.17) is 4.74 Å². The van der Waals surface area contributed by atoms with Crippen molar-refractivity contribution in [2.45, 2.75) is 0 Å². The van der Waals surface area contributed by atoms with Crippen molar-refractivity contribution in [1.82, 2.24) is 15.2 Å². The summed E-state index contributed by atoms with van der Waals surface area (Å²) < 4.78 is 5.06. The quantitative estimate of drug-likeness (QED) is 0.618. The van der Waals surface area contributed by atoms with Gasteiger partial charge in [-0.2, -0.15) is 0 Å². The number of hydrogen-bond donors (Lipinski definition) is 2. The maximum atomic E-state index is 11.1. The van der Waals surface area contributed by atoms with Gasteiger partial charge in [-0.05, 0) is 6.07 Å². The standard InChI is InChI=1S/C10H9N5O4/c1-19-8-3-2-6(15(17)18)4-7(8)12-10-13-9(16)5-11-14-10/h2-5H,1H3,(H2,12,13,14,16). The molecule has 0 atom stereocenters. The Morgan fingerprint density at radius 1 is 1.47 bits per heavy atom. The van der Waals surface area contributed by atoms with Crippen LogP contribution in [0.3, 0.4) is 0 Å². The number of ether oxygens (including phenoxy) is 1. The van der Waals surface area contributed by atoms with Crippen LogP contribution in [-0.2, 0) is 0 Å². The van der Waals surface area contributed by atoms with Crippen LogP contribution < -0.4 is 15.6 Å². The fraction of sp³-hybridized carbons (Fsp3) is 0.100. The third-order valence-corrected chi connectivity index (χ3v) is 2.22. The second-order valence-corrected chi connectivity index (χ2v) is 3.45. The van der Waals surface area contributed by atoms with Crippen molar-refractivity contribution in [3.8, 4) is 5.75 Å². The van der Waals surface area contributed by atoms with Gasteiger partial charge >= 0.3 is 0 Å². The van der Waals surface area contributed by atoms with E-state index in [2.05, 4.69) is 20.5 Å². The predicted octanol–water partition coefficient (Wildman–Crippen LogP) is 0.825. The summed E-state index contributed by atoms with van der Waals surface area (Å²) in [6, 6.07) is 4.02. The maximum Gasteiger partial charge on any atom is 0.271 e. The lowest BCUT2D eigenvalue weighted by molar-refractivity contribution is -0.384. The van der Waals surface area contributed by atoms with E-state index >= 15 is 0 Å². The smallest absolute Gasteiger partial charge is 0.271 e. The van der Waals surface area contributed by atoms with Crippen molar-refractivity contribution in [1.29, 1.82) is 0 Å². The second kappa shape index (κ2) is 5.12. The molecular formula is C10H9N5O4. The van der Waals surface area contributed by atoms with Crippen LogP contribution >= 0.6 is 0 Å². The Balaban J connectivity index is 2.40. The number of nitro benzene ring substituents is 1. The second-order valence-electron chi connectivity index (χ2n) is 3.45. The van der Waals surface area contributed by atoms with Crippen LogP contribution in [0, 0.1) is 10.1 Å². The number of methoxy groups -OCH3 is 1. The Labute approximate surface area is 106 Å². The number of hydrogen-bond acceptors (Lipinski definition) is 7. The van der Waals surface area contributed by atoms with Crippen molar-refractivity contribution in [3.63, 3.8) is 0 Å². The molecule has 1 aromatic heterocycles. The van der Waals surface area contributed by atoms with Crippen molar-refractivity contribution < 1.29 is 9.66 Å². The molecule has 0 unspecified atom stereocenters. The lowest BCUT2D eigenvalue weighted by Crippen LogP contribution is -2.11. The maximum absolute atomic E-state index is 11.1.